The SMILES string of the molecule is COc1ccc(CCNC(=O)CCc2nnc(-c3cccs3)[nH]c2=O)cc1. The third kappa shape index (κ3) is 5.24. The Morgan fingerprint density at radius 3 is 2.67 bits per heavy atom. The van der Waals surface area contributed by atoms with Gasteiger partial charge in [-0.2, -0.15) is 0 Å². The average Bonchev–Trinajstić information content (AvgIpc) is 3.22. The molecule has 0 aliphatic rings. The number of carbonyl (C=O) groups is 1. The zero-order valence-electron chi connectivity index (χ0n) is 14.9. The van der Waals surface area contributed by atoms with Crippen LogP contribution in [0.4, 0.5) is 0 Å². The monoisotopic (exact) mass is 384 g/mol. The molecule has 0 saturated carbocycles. The summed E-state index contributed by atoms with van der Waals surface area (Å²) in [4.78, 5) is 27.7. The number of hydrogen-bond donors (Lipinski definition) is 2. The van der Waals surface area contributed by atoms with Gasteiger partial charge in [0.15, 0.2) is 5.82 Å². The fraction of sp³-hybridized carbons (Fsp3) is 0.263. The summed E-state index contributed by atoms with van der Waals surface area (Å²) in [6.07, 6.45) is 1.17. The van der Waals surface area contributed by atoms with Crippen LogP contribution in [0.2, 0.25) is 0 Å². The minimum Gasteiger partial charge on any atom is -0.497 e. The summed E-state index contributed by atoms with van der Waals surface area (Å²) < 4.78 is 5.12. The standard InChI is InChI=1S/C19H20N4O3S/c1-26-14-6-4-13(5-7-14)10-11-20-17(24)9-8-15-19(25)21-18(23-22-15)16-3-2-12-27-16/h2-7,12H,8-11H2,1H3,(H,20,24)(H,21,23,25). The van der Waals surface area contributed by atoms with Crippen molar-refractivity contribution >= 4 is 17.2 Å². The van der Waals surface area contributed by atoms with E-state index in [4.69, 9.17) is 4.74 Å². The number of thiophene rings is 1. The molecule has 2 aromatic heterocycles. The molecule has 0 bridgehead atoms. The molecule has 0 spiro atoms. The highest BCUT2D eigenvalue weighted by atomic mass is 32.1. The second kappa shape index (κ2) is 9.09. The fourth-order valence-electron chi connectivity index (χ4n) is 2.51. The summed E-state index contributed by atoms with van der Waals surface area (Å²) >= 11 is 1.47. The van der Waals surface area contributed by atoms with Gasteiger partial charge in [-0.25, -0.2) is 0 Å². The highest BCUT2D eigenvalue weighted by Crippen LogP contribution is 2.18. The Hall–Kier alpha value is -3.00. The van der Waals surface area contributed by atoms with Crippen molar-refractivity contribution in [2.75, 3.05) is 13.7 Å². The zero-order chi connectivity index (χ0) is 19.1. The number of benzene rings is 1. The fourth-order valence-corrected chi connectivity index (χ4v) is 3.17. The molecule has 0 radical (unpaired) electrons. The first-order valence-corrected chi connectivity index (χ1v) is 9.43. The molecule has 0 saturated heterocycles. The molecule has 3 aromatic rings. The summed E-state index contributed by atoms with van der Waals surface area (Å²) in [5.41, 5.74) is 1.07. The van der Waals surface area contributed by atoms with Crippen LogP contribution in [0.1, 0.15) is 17.7 Å². The largest absolute Gasteiger partial charge is 0.497 e. The third-order valence-corrected chi connectivity index (χ3v) is 4.88. The minimum absolute atomic E-state index is 0.118. The molecule has 7 nitrogen and oxygen atoms in total. The molecule has 0 aliphatic heterocycles. The second-order valence-corrected chi connectivity index (χ2v) is 6.82. The van der Waals surface area contributed by atoms with E-state index in [-0.39, 0.29) is 30.0 Å². The van der Waals surface area contributed by atoms with Gasteiger partial charge in [0.25, 0.3) is 5.56 Å². The van der Waals surface area contributed by atoms with E-state index in [0.717, 1.165) is 22.6 Å². The van der Waals surface area contributed by atoms with Crippen LogP contribution < -0.4 is 15.6 Å². The van der Waals surface area contributed by atoms with Crippen LogP contribution in [-0.4, -0.2) is 34.7 Å². The first kappa shape index (κ1) is 18.8. The molecule has 0 fully saturated rings. The number of H-pyrrole nitrogens is 1. The van der Waals surface area contributed by atoms with Gasteiger partial charge in [-0.15, -0.1) is 21.5 Å². The van der Waals surface area contributed by atoms with Crippen LogP contribution in [-0.2, 0) is 17.6 Å². The molecule has 0 atom stereocenters. The van der Waals surface area contributed by atoms with Gasteiger partial charge in [0.2, 0.25) is 5.91 Å². The average molecular weight is 384 g/mol. The van der Waals surface area contributed by atoms with E-state index >= 15 is 0 Å². The van der Waals surface area contributed by atoms with Crippen molar-refractivity contribution in [3.05, 3.63) is 63.4 Å². The van der Waals surface area contributed by atoms with Crippen molar-refractivity contribution in [3.8, 4) is 16.5 Å². The first-order valence-electron chi connectivity index (χ1n) is 8.55. The zero-order valence-corrected chi connectivity index (χ0v) is 15.7. The Balaban J connectivity index is 1.45. The van der Waals surface area contributed by atoms with Crippen LogP contribution >= 0.6 is 11.3 Å². The number of aryl methyl sites for hydroxylation is 1. The number of ether oxygens (including phenoxy) is 1. The topological polar surface area (TPSA) is 97.0 Å². The molecule has 1 amide bonds. The van der Waals surface area contributed by atoms with E-state index in [1.165, 1.54) is 11.3 Å². The van der Waals surface area contributed by atoms with Crippen LogP contribution in [0.5, 0.6) is 5.75 Å². The van der Waals surface area contributed by atoms with E-state index < -0.39 is 0 Å². The quantitative estimate of drug-likeness (QED) is 0.621. The van der Waals surface area contributed by atoms with Gasteiger partial charge in [-0.05, 0) is 35.6 Å². The molecule has 2 N–H and O–H groups in total. The summed E-state index contributed by atoms with van der Waals surface area (Å²) in [6.45, 7) is 0.532. The van der Waals surface area contributed by atoms with Crippen molar-refractivity contribution in [2.45, 2.75) is 19.3 Å². The van der Waals surface area contributed by atoms with Crippen molar-refractivity contribution in [2.24, 2.45) is 0 Å². The van der Waals surface area contributed by atoms with Gasteiger partial charge in [-0.1, -0.05) is 18.2 Å². The maximum atomic E-state index is 12.1. The molecule has 8 heteroatoms. The smallest absolute Gasteiger partial charge is 0.273 e. The maximum Gasteiger partial charge on any atom is 0.273 e. The van der Waals surface area contributed by atoms with Gasteiger partial charge in [0, 0.05) is 19.4 Å². The number of carbonyl (C=O) groups excluding carboxylic acids is 1. The Morgan fingerprint density at radius 2 is 2.00 bits per heavy atom. The summed E-state index contributed by atoms with van der Waals surface area (Å²) in [5.74, 6) is 1.13. The van der Waals surface area contributed by atoms with Crippen LogP contribution in [0.3, 0.4) is 0 Å². The van der Waals surface area contributed by atoms with E-state index in [9.17, 15) is 9.59 Å². The van der Waals surface area contributed by atoms with Crippen molar-refractivity contribution in [1.82, 2.24) is 20.5 Å². The molecule has 2 heterocycles. The lowest BCUT2D eigenvalue weighted by Gasteiger charge is -2.06. The summed E-state index contributed by atoms with van der Waals surface area (Å²) in [5, 5.41) is 12.8. The number of aromatic amines is 1. The number of methoxy groups -OCH3 is 1. The Morgan fingerprint density at radius 1 is 1.19 bits per heavy atom. The Bertz CT molecular complexity index is 936. The summed E-state index contributed by atoms with van der Waals surface area (Å²) in [6, 6.07) is 11.5. The Labute approximate surface area is 160 Å². The normalized spacial score (nSPS) is 10.6. The van der Waals surface area contributed by atoms with Gasteiger partial charge >= 0.3 is 0 Å². The molecule has 1 aromatic carbocycles. The predicted molar refractivity (Wildman–Crippen MR) is 104 cm³/mol. The number of aromatic nitrogens is 3. The van der Waals surface area contributed by atoms with Crippen LogP contribution in [0.15, 0.2) is 46.6 Å². The van der Waals surface area contributed by atoms with E-state index in [2.05, 4.69) is 20.5 Å². The molecule has 0 aliphatic carbocycles. The first-order chi connectivity index (χ1) is 13.2. The van der Waals surface area contributed by atoms with E-state index in [1.54, 1.807) is 7.11 Å². The predicted octanol–water partition coefficient (Wildman–Crippen LogP) is 2.19. The van der Waals surface area contributed by atoms with Gasteiger partial charge in [0.1, 0.15) is 11.4 Å². The molecule has 27 heavy (non-hydrogen) atoms. The number of nitrogens with zero attached hydrogens (tertiary/aromatic N) is 2. The van der Waals surface area contributed by atoms with Crippen molar-refractivity contribution in [3.63, 3.8) is 0 Å². The molecular formula is C19H20N4O3S. The lowest BCUT2D eigenvalue weighted by Crippen LogP contribution is -2.27. The number of hydrogen-bond acceptors (Lipinski definition) is 6. The minimum atomic E-state index is -0.306. The van der Waals surface area contributed by atoms with Gasteiger partial charge in [-0.3, -0.25) is 9.59 Å². The highest BCUT2D eigenvalue weighted by Gasteiger charge is 2.09. The van der Waals surface area contributed by atoms with Crippen LogP contribution in [0, 0.1) is 0 Å². The number of amides is 1. The maximum absolute atomic E-state index is 12.1. The summed E-state index contributed by atoms with van der Waals surface area (Å²) in [7, 11) is 1.63. The van der Waals surface area contributed by atoms with E-state index in [0.29, 0.717) is 12.4 Å². The second-order valence-electron chi connectivity index (χ2n) is 5.87. The van der Waals surface area contributed by atoms with Gasteiger partial charge in [0.05, 0.1) is 12.0 Å². The lowest BCUT2D eigenvalue weighted by atomic mass is 10.1. The van der Waals surface area contributed by atoms with Crippen LogP contribution in [0.25, 0.3) is 10.7 Å². The van der Waals surface area contributed by atoms with Gasteiger partial charge < -0.3 is 15.0 Å². The van der Waals surface area contributed by atoms with E-state index in [1.807, 2.05) is 41.8 Å². The highest BCUT2D eigenvalue weighted by molar-refractivity contribution is 7.13. The molecular weight excluding hydrogens is 364 g/mol. The lowest BCUT2D eigenvalue weighted by molar-refractivity contribution is -0.121. The molecule has 140 valence electrons. The molecule has 3 rings (SSSR count). The number of nitrogens with one attached hydrogen (secondary N) is 2. The van der Waals surface area contributed by atoms with Crippen molar-refractivity contribution in [1.29, 1.82) is 0 Å². The third-order valence-electron chi connectivity index (χ3n) is 4.00. The number of rotatable bonds is 8. The van der Waals surface area contributed by atoms with Crippen molar-refractivity contribution < 1.29 is 9.53 Å². The Kier molecular flexibility index (Phi) is 6.32. The molecule has 0 unspecified atom stereocenters.